The largest absolute Gasteiger partial charge is 0.481 e. The van der Waals surface area contributed by atoms with Crippen LogP contribution in [0.2, 0.25) is 0 Å². The second-order valence-corrected chi connectivity index (χ2v) is 9.24. The van der Waals surface area contributed by atoms with Crippen LogP contribution in [-0.4, -0.2) is 28.9 Å². The van der Waals surface area contributed by atoms with Crippen molar-refractivity contribution >= 4 is 21.3 Å². The van der Waals surface area contributed by atoms with Crippen LogP contribution in [0.25, 0.3) is 5.52 Å². The molecule has 3 aromatic heterocycles. The molecule has 0 bridgehead atoms. The minimum Gasteiger partial charge on any atom is -0.481 e. The predicted octanol–water partition coefficient (Wildman–Crippen LogP) is 3.64. The van der Waals surface area contributed by atoms with Crippen LogP contribution in [0, 0.1) is 18.3 Å². The molecule has 0 radical (unpaired) electrons. The number of nitrogens with one attached hydrogen (secondary N) is 1. The predicted molar refractivity (Wildman–Crippen MR) is 114 cm³/mol. The standard InChI is InChI=1S/C23H19N3O4S/c1-15-18(12-21(27)28)20-10-9-16(13-24)14-26(20)22(15)23(19-8-5-11-25-19)31(29,30)17-6-3-2-4-7-17/h2-11,14,23,25H,12H2,1H3,(H,27,28). The van der Waals surface area contributed by atoms with Crippen LogP contribution in [0.4, 0.5) is 0 Å². The minimum absolute atomic E-state index is 0.153. The molecule has 0 saturated heterocycles. The Morgan fingerprint density at radius 3 is 2.52 bits per heavy atom. The number of pyridine rings is 1. The van der Waals surface area contributed by atoms with Gasteiger partial charge in [0.2, 0.25) is 0 Å². The Labute approximate surface area is 179 Å². The number of nitrogens with zero attached hydrogens (tertiary/aromatic N) is 2. The first-order valence-corrected chi connectivity index (χ1v) is 11.1. The van der Waals surface area contributed by atoms with Crippen LogP contribution in [0.5, 0.6) is 0 Å². The van der Waals surface area contributed by atoms with Crippen molar-refractivity contribution in [2.45, 2.75) is 23.5 Å². The zero-order valence-electron chi connectivity index (χ0n) is 16.6. The average Bonchev–Trinajstić information content (AvgIpc) is 3.37. The van der Waals surface area contributed by atoms with Crippen molar-refractivity contribution in [3.63, 3.8) is 0 Å². The summed E-state index contributed by atoms with van der Waals surface area (Å²) in [5.74, 6) is -1.02. The van der Waals surface area contributed by atoms with Crippen LogP contribution in [0.1, 0.15) is 33.3 Å². The first-order chi connectivity index (χ1) is 14.8. The molecule has 0 saturated carbocycles. The van der Waals surface area contributed by atoms with Crippen molar-refractivity contribution < 1.29 is 18.3 Å². The molecule has 3 heterocycles. The van der Waals surface area contributed by atoms with Crippen molar-refractivity contribution in [3.05, 3.63) is 95.1 Å². The summed E-state index contributed by atoms with van der Waals surface area (Å²) in [6.07, 6.45) is 2.94. The first kappa shape index (κ1) is 20.4. The lowest BCUT2D eigenvalue weighted by atomic mass is 10.1. The highest BCUT2D eigenvalue weighted by molar-refractivity contribution is 7.91. The Morgan fingerprint density at radius 2 is 1.90 bits per heavy atom. The number of carbonyl (C=O) groups is 1. The highest BCUT2D eigenvalue weighted by Gasteiger charge is 2.36. The van der Waals surface area contributed by atoms with Gasteiger partial charge in [0.25, 0.3) is 0 Å². The summed E-state index contributed by atoms with van der Waals surface area (Å²) in [7, 11) is -3.91. The number of fused-ring (bicyclic) bond motifs is 1. The van der Waals surface area contributed by atoms with E-state index in [0.717, 1.165) is 0 Å². The Morgan fingerprint density at radius 1 is 1.16 bits per heavy atom. The second kappa shape index (κ2) is 7.78. The molecule has 4 rings (SSSR count). The highest BCUT2D eigenvalue weighted by atomic mass is 32.2. The molecule has 1 aromatic carbocycles. The summed E-state index contributed by atoms with van der Waals surface area (Å²) in [5, 5.41) is 17.7. The minimum atomic E-state index is -3.91. The Kier molecular flexibility index (Phi) is 5.13. The van der Waals surface area contributed by atoms with Crippen molar-refractivity contribution in [1.82, 2.24) is 9.38 Å². The molecule has 4 aromatic rings. The smallest absolute Gasteiger partial charge is 0.307 e. The third-order valence-electron chi connectivity index (χ3n) is 5.35. The van der Waals surface area contributed by atoms with Crippen molar-refractivity contribution in [2.75, 3.05) is 0 Å². The number of nitriles is 1. The lowest BCUT2D eigenvalue weighted by Crippen LogP contribution is -2.18. The van der Waals surface area contributed by atoms with Gasteiger partial charge in [-0.3, -0.25) is 4.79 Å². The maximum Gasteiger partial charge on any atom is 0.307 e. The molecule has 0 amide bonds. The summed E-state index contributed by atoms with van der Waals surface area (Å²) >= 11 is 0. The summed E-state index contributed by atoms with van der Waals surface area (Å²) in [4.78, 5) is 14.7. The Hall–Kier alpha value is -3.83. The molecule has 0 aliphatic heterocycles. The first-order valence-electron chi connectivity index (χ1n) is 9.52. The molecule has 0 aliphatic rings. The zero-order chi connectivity index (χ0) is 22.2. The lowest BCUT2D eigenvalue weighted by Gasteiger charge is -2.19. The van der Waals surface area contributed by atoms with Crippen molar-refractivity contribution in [1.29, 1.82) is 5.26 Å². The van der Waals surface area contributed by atoms with Gasteiger partial charge in [0, 0.05) is 23.6 Å². The number of carboxylic acids is 1. The SMILES string of the molecule is Cc1c(CC(=O)O)c2ccc(C#N)cn2c1C(c1ccc[nH]1)S(=O)(=O)c1ccccc1. The summed E-state index contributed by atoms with van der Waals surface area (Å²) in [6, 6.07) is 16.9. The van der Waals surface area contributed by atoms with E-state index in [1.54, 1.807) is 66.2 Å². The van der Waals surface area contributed by atoms with E-state index >= 15 is 0 Å². The lowest BCUT2D eigenvalue weighted by molar-refractivity contribution is -0.136. The van der Waals surface area contributed by atoms with Gasteiger partial charge in [-0.15, -0.1) is 0 Å². The van der Waals surface area contributed by atoms with Gasteiger partial charge >= 0.3 is 5.97 Å². The number of aliphatic carboxylic acids is 1. The number of hydrogen-bond acceptors (Lipinski definition) is 4. The van der Waals surface area contributed by atoms with Gasteiger partial charge in [0.1, 0.15) is 11.3 Å². The average molecular weight is 433 g/mol. The second-order valence-electron chi connectivity index (χ2n) is 7.21. The number of aromatic nitrogens is 2. The molecule has 8 heteroatoms. The van der Waals surface area contributed by atoms with E-state index in [1.165, 1.54) is 12.1 Å². The molecule has 7 nitrogen and oxygen atoms in total. The molecular weight excluding hydrogens is 414 g/mol. The molecule has 31 heavy (non-hydrogen) atoms. The van der Waals surface area contributed by atoms with Gasteiger partial charge in [0.05, 0.1) is 22.6 Å². The van der Waals surface area contributed by atoms with E-state index in [1.807, 2.05) is 0 Å². The van der Waals surface area contributed by atoms with Crippen LogP contribution in [0.15, 0.2) is 71.9 Å². The summed E-state index contributed by atoms with van der Waals surface area (Å²) in [5.41, 5.74) is 2.86. The number of hydrogen-bond donors (Lipinski definition) is 2. The van der Waals surface area contributed by atoms with E-state index in [2.05, 4.69) is 11.1 Å². The number of sulfone groups is 1. The van der Waals surface area contributed by atoms with E-state index in [0.29, 0.717) is 33.6 Å². The van der Waals surface area contributed by atoms with Gasteiger partial charge in [-0.2, -0.15) is 5.26 Å². The van der Waals surface area contributed by atoms with Gasteiger partial charge in [0.15, 0.2) is 9.84 Å². The normalized spacial score (nSPS) is 12.5. The van der Waals surface area contributed by atoms with Gasteiger partial charge in [-0.25, -0.2) is 8.42 Å². The highest BCUT2D eigenvalue weighted by Crippen LogP contribution is 2.39. The van der Waals surface area contributed by atoms with E-state index in [4.69, 9.17) is 0 Å². The molecule has 0 fully saturated rings. The van der Waals surface area contributed by atoms with E-state index in [-0.39, 0.29) is 11.3 Å². The third-order valence-corrected chi connectivity index (χ3v) is 7.37. The molecule has 1 unspecified atom stereocenters. The van der Waals surface area contributed by atoms with Gasteiger partial charge in [-0.1, -0.05) is 18.2 Å². The maximum atomic E-state index is 13.8. The van der Waals surface area contributed by atoms with Gasteiger partial charge < -0.3 is 14.5 Å². The van der Waals surface area contributed by atoms with E-state index in [9.17, 15) is 23.6 Å². The molecule has 0 spiro atoms. The summed E-state index contributed by atoms with van der Waals surface area (Å²) in [6.45, 7) is 1.73. The zero-order valence-corrected chi connectivity index (χ0v) is 17.4. The van der Waals surface area contributed by atoms with Gasteiger partial charge in [-0.05, 0) is 54.4 Å². The number of H-pyrrole nitrogens is 1. The van der Waals surface area contributed by atoms with Crippen molar-refractivity contribution in [2.24, 2.45) is 0 Å². The van der Waals surface area contributed by atoms with Crippen molar-refractivity contribution in [3.8, 4) is 6.07 Å². The Bertz CT molecular complexity index is 1410. The topological polar surface area (TPSA) is 115 Å². The number of rotatable bonds is 6. The molecular formula is C23H19N3O4S. The molecule has 0 aliphatic carbocycles. The van der Waals surface area contributed by atoms with E-state index < -0.39 is 21.1 Å². The molecule has 1 atom stereocenters. The Balaban J connectivity index is 2.09. The van der Waals surface area contributed by atoms with Crippen LogP contribution >= 0.6 is 0 Å². The fourth-order valence-corrected chi connectivity index (χ4v) is 5.83. The maximum absolute atomic E-state index is 13.8. The van der Waals surface area contributed by atoms with Crippen LogP contribution in [-0.2, 0) is 21.1 Å². The number of carboxylic acid groups (broad SMARTS) is 1. The monoisotopic (exact) mass is 433 g/mol. The fraction of sp³-hybridized carbons (Fsp3) is 0.130. The molecule has 2 N–H and O–H groups in total. The van der Waals surface area contributed by atoms with Crippen LogP contribution < -0.4 is 0 Å². The third kappa shape index (κ3) is 3.49. The fourth-order valence-electron chi connectivity index (χ4n) is 3.95. The quantitative estimate of drug-likeness (QED) is 0.482. The molecule has 156 valence electrons. The number of aromatic amines is 1. The summed E-state index contributed by atoms with van der Waals surface area (Å²) < 4.78 is 29.2. The van der Waals surface area contributed by atoms with Crippen LogP contribution in [0.3, 0.4) is 0 Å². The number of benzene rings is 1.